The number of pyridine rings is 1. The van der Waals surface area contributed by atoms with Gasteiger partial charge in [0.1, 0.15) is 0 Å². The van der Waals surface area contributed by atoms with E-state index in [4.69, 9.17) is 4.74 Å². The van der Waals surface area contributed by atoms with E-state index in [-0.39, 0.29) is 0 Å². The average Bonchev–Trinajstić information content (AvgIpc) is 2.04. The minimum Gasteiger partial charge on any atom is -0.409 e. The van der Waals surface area contributed by atoms with Crippen LogP contribution in [0.3, 0.4) is 0 Å². The maximum atomic E-state index is 10.7. The number of rotatable bonds is 1. The second kappa shape index (κ2) is 4.06. The van der Waals surface area contributed by atoms with Gasteiger partial charge in [-0.25, -0.2) is 4.79 Å². The lowest BCUT2D eigenvalue weighted by atomic mass is 10.5. The lowest BCUT2D eigenvalue weighted by Gasteiger charge is -2.01. The summed E-state index contributed by atoms with van der Waals surface area (Å²) in [5.74, 6) is 0.406. The number of halogens is 1. The summed E-state index contributed by atoms with van der Waals surface area (Å²) in [6, 6.07) is 1.66. The minimum absolute atomic E-state index is 0.406. The monoisotopic (exact) mass is 230 g/mol. The van der Waals surface area contributed by atoms with Gasteiger partial charge in [-0.15, -0.1) is 0 Å². The predicted molar refractivity (Wildman–Crippen MR) is 47.0 cm³/mol. The highest BCUT2D eigenvalue weighted by molar-refractivity contribution is 9.10. The van der Waals surface area contributed by atoms with Crippen molar-refractivity contribution in [2.75, 3.05) is 7.05 Å². The molecule has 1 heterocycles. The molecule has 1 aromatic rings. The van der Waals surface area contributed by atoms with Crippen molar-refractivity contribution in [3.8, 4) is 5.75 Å². The van der Waals surface area contributed by atoms with Gasteiger partial charge in [0.25, 0.3) is 0 Å². The van der Waals surface area contributed by atoms with Gasteiger partial charge in [0, 0.05) is 17.7 Å². The lowest BCUT2D eigenvalue weighted by Crippen LogP contribution is -2.22. The van der Waals surface area contributed by atoms with Gasteiger partial charge in [-0.2, -0.15) is 0 Å². The number of aromatic nitrogens is 1. The second-order valence-corrected chi connectivity index (χ2v) is 2.89. The van der Waals surface area contributed by atoms with E-state index in [0.717, 1.165) is 4.47 Å². The molecule has 64 valence electrons. The molecule has 4 nitrogen and oxygen atoms in total. The van der Waals surface area contributed by atoms with Crippen LogP contribution < -0.4 is 10.1 Å². The first-order valence-corrected chi connectivity index (χ1v) is 4.02. The first-order valence-electron chi connectivity index (χ1n) is 3.22. The zero-order valence-corrected chi connectivity index (χ0v) is 7.96. The van der Waals surface area contributed by atoms with E-state index >= 15 is 0 Å². The summed E-state index contributed by atoms with van der Waals surface area (Å²) < 4.78 is 5.57. The van der Waals surface area contributed by atoms with Gasteiger partial charge < -0.3 is 10.1 Å². The quantitative estimate of drug-likeness (QED) is 0.797. The third-order valence-electron chi connectivity index (χ3n) is 1.09. The molecule has 5 heteroatoms. The Hall–Kier alpha value is -1.10. The van der Waals surface area contributed by atoms with Crippen LogP contribution in [-0.4, -0.2) is 18.1 Å². The number of amides is 1. The fourth-order valence-corrected chi connectivity index (χ4v) is 0.950. The van der Waals surface area contributed by atoms with Crippen molar-refractivity contribution in [2.45, 2.75) is 0 Å². The maximum Gasteiger partial charge on any atom is 0.412 e. The van der Waals surface area contributed by atoms with Gasteiger partial charge in [0.2, 0.25) is 0 Å². The summed E-state index contributed by atoms with van der Waals surface area (Å²) in [6.45, 7) is 0. The van der Waals surface area contributed by atoms with Crippen LogP contribution in [-0.2, 0) is 0 Å². The molecule has 0 aliphatic rings. The van der Waals surface area contributed by atoms with Crippen molar-refractivity contribution in [3.05, 3.63) is 22.9 Å². The predicted octanol–water partition coefficient (Wildman–Crippen LogP) is 1.56. The van der Waals surface area contributed by atoms with Gasteiger partial charge in [-0.05, 0) is 22.0 Å². The maximum absolute atomic E-state index is 10.7. The number of hydrogen-bond donors (Lipinski definition) is 1. The summed E-state index contributed by atoms with van der Waals surface area (Å²) in [7, 11) is 1.49. The topological polar surface area (TPSA) is 51.2 Å². The van der Waals surface area contributed by atoms with E-state index in [9.17, 15) is 4.79 Å². The molecule has 1 rings (SSSR count). The van der Waals surface area contributed by atoms with Crippen molar-refractivity contribution in [1.82, 2.24) is 10.3 Å². The number of carbonyl (C=O) groups is 1. The largest absolute Gasteiger partial charge is 0.412 e. The highest BCUT2D eigenvalue weighted by atomic mass is 79.9. The molecular weight excluding hydrogens is 224 g/mol. The molecule has 0 aliphatic heterocycles. The molecule has 1 amide bonds. The van der Waals surface area contributed by atoms with E-state index in [1.54, 1.807) is 12.3 Å². The molecule has 1 N–H and O–H groups in total. The van der Waals surface area contributed by atoms with E-state index in [1.807, 2.05) is 0 Å². The molecule has 0 spiro atoms. The molecule has 1 aromatic heterocycles. The molecule has 0 saturated carbocycles. The molecular formula is C7H7BrN2O2. The standard InChI is InChI=1S/C7H7BrN2O2/c1-9-7(11)12-6-2-5(8)3-10-4-6/h2-4H,1H3,(H,9,11). The summed E-state index contributed by atoms with van der Waals surface area (Å²) in [6.07, 6.45) is 2.56. The zero-order chi connectivity index (χ0) is 8.97. The van der Waals surface area contributed by atoms with Crippen molar-refractivity contribution in [3.63, 3.8) is 0 Å². The minimum atomic E-state index is -0.505. The molecule has 0 atom stereocenters. The lowest BCUT2D eigenvalue weighted by molar-refractivity contribution is 0.202. The number of nitrogens with zero attached hydrogens (tertiary/aromatic N) is 1. The normalized spacial score (nSPS) is 9.17. The van der Waals surface area contributed by atoms with Crippen LogP contribution in [0, 0.1) is 0 Å². The van der Waals surface area contributed by atoms with Crippen molar-refractivity contribution < 1.29 is 9.53 Å². The number of hydrogen-bond acceptors (Lipinski definition) is 3. The molecule has 0 aromatic carbocycles. The van der Waals surface area contributed by atoms with Crippen LogP contribution in [0.5, 0.6) is 5.75 Å². The third-order valence-corrected chi connectivity index (χ3v) is 1.53. The van der Waals surface area contributed by atoms with Crippen LogP contribution in [0.4, 0.5) is 4.79 Å². The molecule has 0 fully saturated rings. The van der Waals surface area contributed by atoms with Crippen LogP contribution in [0.25, 0.3) is 0 Å². The van der Waals surface area contributed by atoms with Gasteiger partial charge >= 0.3 is 6.09 Å². The van der Waals surface area contributed by atoms with Crippen LogP contribution >= 0.6 is 15.9 Å². The van der Waals surface area contributed by atoms with Gasteiger partial charge in [-0.1, -0.05) is 0 Å². The van der Waals surface area contributed by atoms with E-state index < -0.39 is 6.09 Å². The van der Waals surface area contributed by atoms with E-state index in [0.29, 0.717) is 5.75 Å². The SMILES string of the molecule is CNC(=O)Oc1cncc(Br)c1. The van der Waals surface area contributed by atoms with Gasteiger partial charge in [-0.3, -0.25) is 4.98 Å². The Morgan fingerprint density at radius 2 is 2.42 bits per heavy atom. The summed E-state index contributed by atoms with van der Waals surface area (Å²) >= 11 is 3.20. The van der Waals surface area contributed by atoms with Crippen LogP contribution in [0.15, 0.2) is 22.9 Å². The average molecular weight is 231 g/mol. The number of nitrogens with one attached hydrogen (secondary N) is 1. The molecule has 0 unspecified atom stereocenters. The Balaban J connectivity index is 2.69. The van der Waals surface area contributed by atoms with E-state index in [1.165, 1.54) is 13.2 Å². The van der Waals surface area contributed by atoms with Crippen molar-refractivity contribution in [2.24, 2.45) is 0 Å². The molecule has 12 heavy (non-hydrogen) atoms. The molecule has 0 radical (unpaired) electrons. The third kappa shape index (κ3) is 2.50. The van der Waals surface area contributed by atoms with Gasteiger partial charge in [0.15, 0.2) is 5.75 Å². The smallest absolute Gasteiger partial charge is 0.409 e. The van der Waals surface area contributed by atoms with E-state index in [2.05, 4.69) is 26.2 Å². The van der Waals surface area contributed by atoms with Crippen molar-refractivity contribution in [1.29, 1.82) is 0 Å². The summed E-state index contributed by atoms with van der Waals surface area (Å²) in [4.78, 5) is 14.5. The first kappa shape index (κ1) is 8.99. The van der Waals surface area contributed by atoms with Crippen LogP contribution in [0.1, 0.15) is 0 Å². The second-order valence-electron chi connectivity index (χ2n) is 1.98. The Bertz CT molecular complexity index is 290. The Morgan fingerprint density at radius 1 is 1.67 bits per heavy atom. The summed E-state index contributed by atoms with van der Waals surface area (Å²) in [5.41, 5.74) is 0. The molecule has 0 bridgehead atoms. The highest BCUT2D eigenvalue weighted by Gasteiger charge is 2.00. The summed E-state index contributed by atoms with van der Waals surface area (Å²) in [5, 5.41) is 2.33. The molecule has 0 saturated heterocycles. The number of carbonyl (C=O) groups excluding carboxylic acids is 1. The Kier molecular flexibility index (Phi) is 3.04. The zero-order valence-electron chi connectivity index (χ0n) is 6.37. The molecule has 0 aliphatic carbocycles. The number of ether oxygens (including phenoxy) is 1. The Labute approximate surface area is 78.1 Å². The van der Waals surface area contributed by atoms with Gasteiger partial charge in [0.05, 0.1) is 6.20 Å². The van der Waals surface area contributed by atoms with Crippen LogP contribution in [0.2, 0.25) is 0 Å². The Morgan fingerprint density at radius 3 is 3.00 bits per heavy atom. The van der Waals surface area contributed by atoms with Crippen molar-refractivity contribution >= 4 is 22.0 Å². The first-order chi connectivity index (χ1) is 5.72. The highest BCUT2D eigenvalue weighted by Crippen LogP contribution is 2.15. The fourth-order valence-electron chi connectivity index (χ4n) is 0.606. The fraction of sp³-hybridized carbons (Fsp3) is 0.143.